The molecule has 7 heteroatoms. The number of nitrogens with zero attached hydrogens (tertiary/aromatic N) is 1. The van der Waals surface area contributed by atoms with Gasteiger partial charge in [-0.1, -0.05) is 259 Å². The van der Waals surface area contributed by atoms with E-state index in [1.807, 2.05) is 46.9 Å². The Kier molecular flexibility index (Phi) is 14.9. The maximum atomic E-state index is 6.33. The number of furan rings is 2. The SMILES string of the molecule is Brc1ccc2c(c1)c1ccccc1c1cc3sc4ccccc4c3cc21.c1ccc2c(c1)oc1ccc(N(c3ccc4c5ccccc5c5ccccc5c4c3)c3ccc4c(c3)c3ccccc3c3cc5sc6ccccc6c5cc43)cc12.c1ccc2c(c1)oc1ccc(Nc3ccc4c5ccccc5c5ccccc5c4c3)cc12. The summed E-state index contributed by atoms with van der Waals surface area (Å²) in [6, 6.07) is 137. The molecule has 26 aromatic rings. The smallest absolute Gasteiger partial charge is 0.135 e. The average molecular weight is 1560 g/mol. The van der Waals surface area contributed by atoms with Gasteiger partial charge in [-0.25, -0.2) is 0 Å². The number of fused-ring (bicyclic) bond motifs is 36. The lowest BCUT2D eigenvalue weighted by Gasteiger charge is -2.27. The number of hydrogen-bond acceptors (Lipinski definition) is 6. The predicted octanol–water partition coefficient (Wildman–Crippen LogP) is 33.4. The van der Waals surface area contributed by atoms with Crippen molar-refractivity contribution in [2.75, 3.05) is 10.2 Å². The maximum Gasteiger partial charge on any atom is 0.135 e. The molecule has 4 aromatic heterocycles. The standard InChI is InChI=1S/C54H31NOS.C30H19NO.C24H13BrS/c1-2-13-37-35(11-1)36-12-3-4-14-38(36)45-27-32(21-24-41(37)45)55(34-23-26-52-49(29-34)43-17-7-9-19-51(43)56-52)33-22-25-42-46(28-33)39-15-5-6-16-40(39)48-31-54-50(30-47(42)48)44-18-8-10-20-53(44)57-54;1-2-9-23-21(7-1)22-8-3-4-10-24(22)27-17-19(13-15-25(23)27)31-20-14-16-30-28(18-20)26-11-5-6-12-29(26)32-30;25-14-9-10-17-19(11-14)15-5-1-2-6-16(15)21-13-24-22(12-20(17)21)18-7-3-4-8-23(18)26-24/h1-31H;1-18,31H;1-13H. The third-order valence-corrected chi connectivity index (χ3v) is 26.6. The highest BCUT2D eigenvalue weighted by molar-refractivity contribution is 9.10. The van der Waals surface area contributed by atoms with Gasteiger partial charge in [0.1, 0.15) is 22.3 Å². The van der Waals surface area contributed by atoms with E-state index in [1.165, 1.54) is 170 Å². The van der Waals surface area contributed by atoms with Crippen LogP contribution in [-0.2, 0) is 0 Å². The van der Waals surface area contributed by atoms with E-state index in [-0.39, 0.29) is 0 Å². The minimum atomic E-state index is 0.888. The van der Waals surface area contributed by atoms with Crippen molar-refractivity contribution in [3.05, 3.63) is 381 Å². The van der Waals surface area contributed by atoms with Gasteiger partial charge in [0.2, 0.25) is 0 Å². The van der Waals surface area contributed by atoms with E-state index < -0.39 is 0 Å². The van der Waals surface area contributed by atoms with Crippen molar-refractivity contribution >= 4 is 281 Å². The number of benzene rings is 22. The first-order valence-corrected chi connectivity index (χ1v) is 41.4. The summed E-state index contributed by atoms with van der Waals surface area (Å²) in [7, 11) is 0. The van der Waals surface area contributed by atoms with Crippen molar-refractivity contribution in [3.63, 3.8) is 0 Å². The lowest BCUT2D eigenvalue weighted by molar-refractivity contribution is 0.668. The molecule has 0 bridgehead atoms. The monoisotopic (exact) mass is 1560 g/mol. The van der Waals surface area contributed by atoms with Crippen molar-refractivity contribution in [2.45, 2.75) is 0 Å². The van der Waals surface area contributed by atoms with Crippen molar-refractivity contribution in [1.29, 1.82) is 0 Å². The molecule has 115 heavy (non-hydrogen) atoms. The van der Waals surface area contributed by atoms with Gasteiger partial charge in [0.05, 0.1) is 0 Å². The normalized spacial score (nSPS) is 12.0. The van der Waals surface area contributed by atoms with E-state index in [0.29, 0.717) is 0 Å². The van der Waals surface area contributed by atoms with E-state index in [2.05, 4.69) is 378 Å². The predicted molar refractivity (Wildman–Crippen MR) is 502 cm³/mol. The molecule has 4 heterocycles. The fourth-order valence-electron chi connectivity index (χ4n) is 18.7. The Hall–Kier alpha value is -13.9. The van der Waals surface area contributed by atoms with Gasteiger partial charge in [0.15, 0.2) is 0 Å². The molecule has 0 unspecified atom stereocenters. The molecule has 4 nitrogen and oxygen atoms in total. The van der Waals surface area contributed by atoms with Crippen molar-refractivity contribution < 1.29 is 8.83 Å². The first kappa shape index (κ1) is 65.8. The van der Waals surface area contributed by atoms with Gasteiger partial charge < -0.3 is 19.1 Å². The number of nitrogens with one attached hydrogen (secondary N) is 1. The fraction of sp³-hybridized carbons (Fsp3) is 0. The number of anilines is 5. The lowest BCUT2D eigenvalue weighted by atomic mass is 9.92. The van der Waals surface area contributed by atoms with Crippen LogP contribution in [0.2, 0.25) is 0 Å². The molecule has 0 atom stereocenters. The van der Waals surface area contributed by atoms with Gasteiger partial charge in [-0.2, -0.15) is 0 Å². The van der Waals surface area contributed by atoms with Gasteiger partial charge in [0, 0.05) is 94.8 Å². The summed E-state index contributed by atoms with van der Waals surface area (Å²) in [5.41, 5.74) is 9.02. The highest BCUT2D eigenvalue weighted by Gasteiger charge is 2.22. The molecule has 26 rings (SSSR count). The summed E-state index contributed by atoms with van der Waals surface area (Å²) in [6.07, 6.45) is 0. The fourth-order valence-corrected chi connectivity index (χ4v) is 21.3. The van der Waals surface area contributed by atoms with E-state index >= 15 is 0 Å². The molecular weight excluding hydrogens is 1500 g/mol. The van der Waals surface area contributed by atoms with Crippen LogP contribution >= 0.6 is 38.6 Å². The van der Waals surface area contributed by atoms with E-state index in [0.717, 1.165) is 76.8 Å². The largest absolute Gasteiger partial charge is 0.456 e. The molecule has 0 fully saturated rings. The molecule has 22 aromatic carbocycles. The summed E-state index contributed by atoms with van der Waals surface area (Å²) < 4.78 is 18.8. The lowest BCUT2D eigenvalue weighted by Crippen LogP contribution is -2.10. The molecule has 0 saturated heterocycles. The summed E-state index contributed by atoms with van der Waals surface area (Å²) in [6.45, 7) is 0. The third kappa shape index (κ3) is 10.6. The maximum absolute atomic E-state index is 6.33. The Labute approximate surface area is 674 Å². The van der Waals surface area contributed by atoms with Gasteiger partial charge >= 0.3 is 0 Å². The van der Waals surface area contributed by atoms with Crippen molar-refractivity contribution in [2.24, 2.45) is 0 Å². The number of thiophene rings is 2. The summed E-state index contributed by atoms with van der Waals surface area (Å²) >= 11 is 7.42. The zero-order chi connectivity index (χ0) is 75.5. The average Bonchev–Trinajstić information content (AvgIpc) is 1.67. The molecule has 0 amide bonds. The van der Waals surface area contributed by atoms with Gasteiger partial charge in [-0.15, -0.1) is 22.7 Å². The van der Waals surface area contributed by atoms with Crippen LogP contribution in [0.4, 0.5) is 28.4 Å². The zero-order valence-corrected chi connectivity index (χ0v) is 65.0. The quantitative estimate of drug-likeness (QED) is 0.174. The Morgan fingerprint density at radius 1 is 0.183 bits per heavy atom. The molecule has 0 aliphatic rings. The summed E-state index contributed by atoms with van der Waals surface area (Å²) in [5.74, 6) is 0. The Morgan fingerprint density at radius 3 is 0.878 bits per heavy atom. The Balaban J connectivity index is 0.000000110. The molecular formula is C108H63BrN2O2S2. The minimum Gasteiger partial charge on any atom is -0.456 e. The number of para-hydroxylation sites is 2. The first-order chi connectivity index (χ1) is 56.9. The molecule has 0 spiro atoms. The van der Waals surface area contributed by atoms with E-state index in [1.54, 1.807) is 0 Å². The van der Waals surface area contributed by atoms with E-state index in [9.17, 15) is 0 Å². The van der Waals surface area contributed by atoms with Crippen molar-refractivity contribution in [1.82, 2.24) is 0 Å². The van der Waals surface area contributed by atoms with Crippen LogP contribution in [0.3, 0.4) is 0 Å². The summed E-state index contributed by atoms with van der Waals surface area (Å²) in [4.78, 5) is 2.43. The first-order valence-electron chi connectivity index (χ1n) is 39.0. The third-order valence-electron chi connectivity index (χ3n) is 23.9. The Bertz CT molecular complexity index is 8570. The second-order valence-corrected chi connectivity index (χ2v) is 33.3. The van der Waals surface area contributed by atoms with Crippen LogP contribution in [0.1, 0.15) is 0 Å². The van der Waals surface area contributed by atoms with Gasteiger partial charge in [-0.3, -0.25) is 0 Å². The van der Waals surface area contributed by atoms with Crippen LogP contribution in [0.25, 0.3) is 213 Å². The van der Waals surface area contributed by atoms with Crippen LogP contribution < -0.4 is 10.2 Å². The van der Waals surface area contributed by atoms with Crippen LogP contribution in [0, 0.1) is 0 Å². The number of rotatable bonds is 5. The molecule has 0 aliphatic carbocycles. The zero-order valence-electron chi connectivity index (χ0n) is 61.8. The molecule has 536 valence electrons. The number of hydrogen-bond donors (Lipinski definition) is 1. The molecule has 1 N–H and O–H groups in total. The van der Waals surface area contributed by atoms with Gasteiger partial charge in [0.25, 0.3) is 0 Å². The Morgan fingerprint density at radius 2 is 0.443 bits per heavy atom. The summed E-state index contributed by atoms with van der Waals surface area (Å²) in [5, 5.41) is 44.3. The highest BCUT2D eigenvalue weighted by atomic mass is 79.9. The van der Waals surface area contributed by atoms with Crippen LogP contribution in [0.5, 0.6) is 0 Å². The van der Waals surface area contributed by atoms with E-state index in [4.69, 9.17) is 8.83 Å². The van der Waals surface area contributed by atoms with Crippen LogP contribution in [-0.4, -0.2) is 0 Å². The van der Waals surface area contributed by atoms with Crippen molar-refractivity contribution in [3.8, 4) is 0 Å². The molecule has 0 radical (unpaired) electrons. The number of halogens is 1. The second kappa shape index (κ2) is 26.1. The minimum absolute atomic E-state index is 0.888. The topological polar surface area (TPSA) is 41.6 Å². The van der Waals surface area contributed by atoms with Crippen LogP contribution in [0.15, 0.2) is 389 Å². The van der Waals surface area contributed by atoms with Gasteiger partial charge in [-0.05, 0) is 263 Å². The molecule has 0 saturated carbocycles. The second-order valence-electron chi connectivity index (χ2n) is 30.2. The molecule has 0 aliphatic heterocycles. The highest BCUT2D eigenvalue weighted by Crippen LogP contribution is 2.49.